The van der Waals surface area contributed by atoms with Crippen LogP contribution in [0, 0.1) is 0 Å². The van der Waals surface area contributed by atoms with E-state index in [0.717, 1.165) is 36.2 Å². The van der Waals surface area contributed by atoms with Crippen molar-refractivity contribution in [1.82, 2.24) is 4.57 Å². The lowest BCUT2D eigenvalue weighted by atomic mass is 9.92. The van der Waals surface area contributed by atoms with Gasteiger partial charge >= 0.3 is 5.97 Å². The van der Waals surface area contributed by atoms with E-state index < -0.39 is 11.4 Å². The van der Waals surface area contributed by atoms with Crippen LogP contribution in [0.5, 0.6) is 5.75 Å². The van der Waals surface area contributed by atoms with Crippen LogP contribution in [0.1, 0.15) is 35.3 Å². The molecule has 0 amide bonds. The molecule has 0 saturated carbocycles. The molecule has 2 heterocycles. The Kier molecular flexibility index (Phi) is 4.84. The van der Waals surface area contributed by atoms with Crippen LogP contribution < -0.4 is 15.5 Å². The molecule has 6 nitrogen and oxygen atoms in total. The zero-order valence-electron chi connectivity index (χ0n) is 14.9. The number of carbonyl (C=O) groups is 1. The number of hydrogen-bond donors (Lipinski definition) is 2. The SMILES string of the molecule is C=CCCNc1cc2c(cc1OC)-c1cc(=O)c(C(=O)O)cn1[C@H](C)C2. The smallest absolute Gasteiger partial charge is 0.341 e. The second-order valence-corrected chi connectivity index (χ2v) is 6.42. The van der Waals surface area contributed by atoms with E-state index in [4.69, 9.17) is 4.74 Å². The second kappa shape index (κ2) is 7.07. The molecule has 0 fully saturated rings. The van der Waals surface area contributed by atoms with E-state index in [0.29, 0.717) is 11.4 Å². The number of aromatic nitrogens is 1. The predicted octanol–water partition coefficient (Wildman–Crippen LogP) is 3.33. The lowest BCUT2D eigenvalue weighted by Crippen LogP contribution is -2.24. The van der Waals surface area contributed by atoms with Crippen LogP contribution in [-0.2, 0) is 6.42 Å². The summed E-state index contributed by atoms with van der Waals surface area (Å²) in [5.41, 5.74) is 2.91. The van der Waals surface area contributed by atoms with Crippen molar-refractivity contribution in [2.75, 3.05) is 19.0 Å². The highest BCUT2D eigenvalue weighted by molar-refractivity contribution is 5.88. The minimum Gasteiger partial charge on any atom is -0.495 e. The zero-order valence-corrected chi connectivity index (χ0v) is 14.9. The largest absolute Gasteiger partial charge is 0.495 e. The van der Waals surface area contributed by atoms with Gasteiger partial charge in [-0.1, -0.05) is 6.08 Å². The van der Waals surface area contributed by atoms with Crippen LogP contribution in [0.3, 0.4) is 0 Å². The summed E-state index contributed by atoms with van der Waals surface area (Å²) in [6.45, 7) is 6.49. The van der Waals surface area contributed by atoms with E-state index in [-0.39, 0.29) is 11.6 Å². The van der Waals surface area contributed by atoms with Gasteiger partial charge < -0.3 is 19.7 Å². The molecule has 1 atom stereocenters. The number of hydrogen-bond acceptors (Lipinski definition) is 4. The predicted molar refractivity (Wildman–Crippen MR) is 101 cm³/mol. The number of nitrogens with one attached hydrogen (secondary N) is 1. The number of carboxylic acids is 1. The van der Waals surface area contributed by atoms with Crippen LogP contribution in [0.15, 0.2) is 41.8 Å². The number of fused-ring (bicyclic) bond motifs is 3. The van der Waals surface area contributed by atoms with Gasteiger partial charge in [-0.15, -0.1) is 6.58 Å². The van der Waals surface area contributed by atoms with E-state index in [1.54, 1.807) is 7.11 Å². The van der Waals surface area contributed by atoms with Gasteiger partial charge in [0, 0.05) is 30.4 Å². The zero-order chi connectivity index (χ0) is 18.8. The fourth-order valence-electron chi connectivity index (χ4n) is 3.36. The molecule has 136 valence electrons. The summed E-state index contributed by atoms with van der Waals surface area (Å²) in [5, 5.41) is 12.6. The van der Waals surface area contributed by atoms with Gasteiger partial charge in [0.25, 0.3) is 0 Å². The third-order valence-electron chi connectivity index (χ3n) is 4.67. The summed E-state index contributed by atoms with van der Waals surface area (Å²) in [6, 6.07) is 5.41. The summed E-state index contributed by atoms with van der Waals surface area (Å²) in [6.07, 6.45) is 4.87. The van der Waals surface area contributed by atoms with E-state index >= 15 is 0 Å². The Morgan fingerprint density at radius 3 is 2.88 bits per heavy atom. The number of rotatable bonds is 6. The Labute approximate surface area is 151 Å². The first-order chi connectivity index (χ1) is 12.5. The Hall–Kier alpha value is -3.02. The van der Waals surface area contributed by atoms with Crippen molar-refractivity contribution in [3.8, 4) is 17.0 Å². The molecule has 2 aromatic rings. The van der Waals surface area contributed by atoms with Crippen molar-refractivity contribution in [1.29, 1.82) is 0 Å². The average Bonchev–Trinajstić information content (AvgIpc) is 2.61. The molecular weight excluding hydrogens is 332 g/mol. The topological polar surface area (TPSA) is 80.6 Å². The lowest BCUT2D eigenvalue weighted by Gasteiger charge is -2.29. The van der Waals surface area contributed by atoms with Gasteiger partial charge in [0.15, 0.2) is 5.43 Å². The molecule has 0 radical (unpaired) electrons. The van der Waals surface area contributed by atoms with E-state index in [1.807, 2.05) is 29.7 Å². The number of benzene rings is 1. The van der Waals surface area contributed by atoms with Crippen molar-refractivity contribution in [2.24, 2.45) is 0 Å². The van der Waals surface area contributed by atoms with E-state index in [2.05, 4.69) is 11.9 Å². The minimum absolute atomic E-state index is 0.0469. The first-order valence-electron chi connectivity index (χ1n) is 8.51. The number of ether oxygens (including phenoxy) is 1. The Bertz CT molecular complexity index is 930. The molecule has 6 heteroatoms. The fraction of sp³-hybridized carbons (Fsp3) is 0.300. The summed E-state index contributed by atoms with van der Waals surface area (Å²) in [4.78, 5) is 23.5. The van der Waals surface area contributed by atoms with Gasteiger partial charge in [-0.05, 0) is 37.5 Å². The summed E-state index contributed by atoms with van der Waals surface area (Å²) in [7, 11) is 1.60. The molecule has 0 aliphatic carbocycles. The number of carboxylic acid groups (broad SMARTS) is 1. The molecule has 0 bridgehead atoms. The van der Waals surface area contributed by atoms with Crippen molar-refractivity contribution >= 4 is 11.7 Å². The molecule has 1 aromatic carbocycles. The highest BCUT2D eigenvalue weighted by Gasteiger charge is 2.25. The number of pyridine rings is 1. The molecule has 1 aliphatic heterocycles. The maximum absolute atomic E-state index is 12.2. The molecule has 3 rings (SSSR count). The van der Waals surface area contributed by atoms with Crippen LogP contribution in [-0.4, -0.2) is 29.3 Å². The van der Waals surface area contributed by atoms with Gasteiger partial charge in [0.2, 0.25) is 0 Å². The average molecular weight is 354 g/mol. The normalized spacial score (nSPS) is 14.9. The molecule has 1 aliphatic rings. The van der Waals surface area contributed by atoms with Crippen LogP contribution in [0.25, 0.3) is 11.3 Å². The number of anilines is 1. The van der Waals surface area contributed by atoms with Gasteiger partial charge in [0.1, 0.15) is 11.3 Å². The quantitative estimate of drug-likeness (QED) is 0.614. The van der Waals surface area contributed by atoms with Crippen LogP contribution >= 0.6 is 0 Å². The van der Waals surface area contributed by atoms with Gasteiger partial charge in [0.05, 0.1) is 18.5 Å². The molecule has 0 saturated heterocycles. The van der Waals surface area contributed by atoms with Crippen LogP contribution in [0.2, 0.25) is 0 Å². The van der Waals surface area contributed by atoms with Crippen molar-refractivity contribution < 1.29 is 14.6 Å². The summed E-state index contributed by atoms with van der Waals surface area (Å²) >= 11 is 0. The second-order valence-electron chi connectivity index (χ2n) is 6.42. The third-order valence-corrected chi connectivity index (χ3v) is 4.67. The number of aromatic carboxylic acids is 1. The molecule has 0 spiro atoms. The maximum atomic E-state index is 12.2. The number of methoxy groups -OCH3 is 1. The highest BCUT2D eigenvalue weighted by Crippen LogP contribution is 2.39. The molecule has 1 aromatic heterocycles. The minimum atomic E-state index is -1.21. The number of nitrogens with zero attached hydrogens (tertiary/aromatic N) is 1. The third kappa shape index (κ3) is 3.10. The summed E-state index contributed by atoms with van der Waals surface area (Å²) < 4.78 is 7.36. The van der Waals surface area contributed by atoms with Crippen molar-refractivity contribution in [3.63, 3.8) is 0 Å². The monoisotopic (exact) mass is 354 g/mol. The van der Waals surface area contributed by atoms with E-state index in [9.17, 15) is 14.7 Å². The highest BCUT2D eigenvalue weighted by atomic mass is 16.5. The van der Waals surface area contributed by atoms with Crippen molar-refractivity contribution in [2.45, 2.75) is 25.8 Å². The fourth-order valence-corrected chi connectivity index (χ4v) is 3.36. The molecule has 0 unspecified atom stereocenters. The van der Waals surface area contributed by atoms with Gasteiger partial charge in [-0.25, -0.2) is 4.79 Å². The Balaban J connectivity index is 2.13. The van der Waals surface area contributed by atoms with Crippen LogP contribution in [0.4, 0.5) is 5.69 Å². The van der Waals surface area contributed by atoms with Gasteiger partial charge in [-0.2, -0.15) is 0 Å². The van der Waals surface area contributed by atoms with Crippen molar-refractivity contribution in [3.05, 3.63) is 58.4 Å². The Morgan fingerprint density at radius 2 is 2.23 bits per heavy atom. The first-order valence-corrected chi connectivity index (χ1v) is 8.51. The Morgan fingerprint density at radius 1 is 1.46 bits per heavy atom. The first kappa shape index (κ1) is 17.8. The maximum Gasteiger partial charge on any atom is 0.341 e. The molecule has 2 N–H and O–H groups in total. The lowest BCUT2D eigenvalue weighted by molar-refractivity contribution is 0.0694. The van der Waals surface area contributed by atoms with E-state index in [1.165, 1.54) is 12.3 Å². The van der Waals surface area contributed by atoms with Gasteiger partial charge in [-0.3, -0.25) is 4.79 Å². The molecular formula is C20H22N2O4. The molecule has 26 heavy (non-hydrogen) atoms. The summed E-state index contributed by atoms with van der Waals surface area (Å²) in [5.74, 6) is -0.522. The standard InChI is InChI=1S/C20H22N2O4/c1-4-5-6-21-16-8-13-7-12(2)22-11-15(20(24)25)18(23)10-17(22)14(13)9-19(16)26-3/h4,8-12,21H,1,5-7H2,2-3H3,(H,24,25)/t12-/m1/s1.